The molecule has 1 unspecified atom stereocenters. The van der Waals surface area contributed by atoms with E-state index in [0.717, 1.165) is 25.7 Å². The zero-order valence-electron chi connectivity index (χ0n) is 14.9. The predicted octanol–water partition coefficient (Wildman–Crippen LogP) is 3.20. The summed E-state index contributed by atoms with van der Waals surface area (Å²) in [5, 5.41) is 10.3. The van der Waals surface area contributed by atoms with Crippen LogP contribution in [-0.2, 0) is 19.0 Å². The highest BCUT2D eigenvalue weighted by Crippen LogP contribution is 2.45. The first-order valence-electron chi connectivity index (χ1n) is 9.29. The third-order valence-corrected chi connectivity index (χ3v) is 5.51. The van der Waals surface area contributed by atoms with E-state index >= 15 is 0 Å². The van der Waals surface area contributed by atoms with E-state index in [-0.39, 0.29) is 30.0 Å². The Bertz CT molecular complexity index is 405. The molecular formula is C19H32O5. The lowest BCUT2D eigenvalue weighted by molar-refractivity contribution is -0.171. The van der Waals surface area contributed by atoms with Crippen molar-refractivity contribution in [2.75, 3.05) is 13.2 Å². The number of unbranched alkanes of at least 4 members (excludes halogenated alkanes) is 2. The van der Waals surface area contributed by atoms with Crippen LogP contribution in [0.5, 0.6) is 0 Å². The minimum atomic E-state index is -0.462. The van der Waals surface area contributed by atoms with Gasteiger partial charge >= 0.3 is 5.97 Å². The Morgan fingerprint density at radius 2 is 1.92 bits per heavy atom. The van der Waals surface area contributed by atoms with E-state index in [0.29, 0.717) is 26.1 Å². The molecule has 5 nitrogen and oxygen atoms in total. The topological polar surface area (TPSA) is 65.0 Å². The van der Waals surface area contributed by atoms with Crippen LogP contribution in [0, 0.1) is 11.8 Å². The smallest absolute Gasteiger partial charge is 0.306 e. The predicted molar refractivity (Wildman–Crippen MR) is 91.4 cm³/mol. The Morgan fingerprint density at radius 1 is 1.21 bits per heavy atom. The Balaban J connectivity index is 0.00000100. The van der Waals surface area contributed by atoms with E-state index in [4.69, 9.17) is 14.2 Å². The largest absolute Gasteiger partial charge is 0.462 e. The second-order valence-corrected chi connectivity index (χ2v) is 6.97. The van der Waals surface area contributed by atoms with Crippen molar-refractivity contribution in [3.63, 3.8) is 0 Å². The maximum atomic E-state index is 11.5. The van der Waals surface area contributed by atoms with Crippen LogP contribution in [0.3, 0.4) is 0 Å². The lowest BCUT2D eigenvalue weighted by Crippen LogP contribution is -2.32. The summed E-state index contributed by atoms with van der Waals surface area (Å²) in [6.45, 7) is 9.51. The molecule has 0 spiro atoms. The van der Waals surface area contributed by atoms with Crippen LogP contribution < -0.4 is 0 Å². The van der Waals surface area contributed by atoms with E-state index in [9.17, 15) is 9.90 Å². The summed E-state index contributed by atoms with van der Waals surface area (Å²) in [4.78, 5) is 11.5. The van der Waals surface area contributed by atoms with Crippen molar-refractivity contribution in [1.29, 1.82) is 0 Å². The maximum absolute atomic E-state index is 11.5. The normalized spacial score (nSPS) is 33.7. The molecular weight excluding hydrogens is 308 g/mol. The van der Waals surface area contributed by atoms with Crippen LogP contribution in [0.4, 0.5) is 0 Å². The van der Waals surface area contributed by atoms with Crippen LogP contribution >= 0.6 is 0 Å². The molecule has 2 heterocycles. The molecule has 1 aliphatic carbocycles. The van der Waals surface area contributed by atoms with Crippen molar-refractivity contribution in [2.45, 2.75) is 76.3 Å². The van der Waals surface area contributed by atoms with Crippen LogP contribution in [0.1, 0.15) is 58.3 Å². The molecule has 0 amide bonds. The zero-order valence-corrected chi connectivity index (χ0v) is 14.9. The number of rotatable bonds is 7. The first-order valence-corrected chi connectivity index (χ1v) is 9.29. The summed E-state index contributed by atoms with van der Waals surface area (Å²) in [5.41, 5.74) is 0. The number of carbonyl (C=O) groups is 1. The van der Waals surface area contributed by atoms with Gasteiger partial charge in [-0.25, -0.2) is 0 Å². The molecule has 2 saturated heterocycles. The van der Waals surface area contributed by atoms with E-state index in [2.05, 4.69) is 20.1 Å². The summed E-state index contributed by atoms with van der Waals surface area (Å²) in [6, 6.07) is 0. The summed E-state index contributed by atoms with van der Waals surface area (Å²) in [7, 11) is 0. The molecule has 3 rings (SSSR count). The Morgan fingerprint density at radius 3 is 2.58 bits per heavy atom. The molecule has 1 saturated carbocycles. The van der Waals surface area contributed by atoms with E-state index in [1.54, 1.807) is 0 Å². The van der Waals surface area contributed by atoms with Crippen molar-refractivity contribution in [3.05, 3.63) is 13.2 Å². The van der Waals surface area contributed by atoms with Crippen molar-refractivity contribution in [1.82, 2.24) is 0 Å². The lowest BCUT2D eigenvalue weighted by atomic mass is 9.86. The maximum Gasteiger partial charge on any atom is 0.306 e. The number of hydrogen-bond acceptors (Lipinski definition) is 5. The van der Waals surface area contributed by atoms with Gasteiger partial charge in [0.25, 0.3) is 0 Å². The molecule has 0 aromatic rings. The molecule has 0 bridgehead atoms. The molecule has 24 heavy (non-hydrogen) atoms. The Kier molecular flexibility index (Phi) is 7.26. The zero-order chi connectivity index (χ0) is 17.6. The lowest BCUT2D eigenvalue weighted by Gasteiger charge is -2.30. The number of ether oxygens (including phenoxy) is 3. The number of fused-ring (bicyclic) bond motifs is 1. The van der Waals surface area contributed by atoms with Crippen LogP contribution in [-0.4, -0.2) is 42.3 Å². The minimum Gasteiger partial charge on any atom is -0.462 e. The Labute approximate surface area is 145 Å². The number of aliphatic hydroxyl groups excluding tert-OH is 1. The van der Waals surface area contributed by atoms with Gasteiger partial charge in [0.1, 0.15) is 6.10 Å². The molecule has 138 valence electrons. The SMILES string of the molecule is C=C.CCCCCC1(CC[C@H]2[C@H](O)CC3OC(=O)C[C@@H]32)OCCO1. The summed E-state index contributed by atoms with van der Waals surface area (Å²) in [5.74, 6) is -0.266. The first kappa shape index (κ1) is 19.4. The van der Waals surface area contributed by atoms with Gasteiger partial charge in [-0.15, -0.1) is 13.2 Å². The fourth-order valence-electron chi connectivity index (χ4n) is 4.32. The third-order valence-electron chi connectivity index (χ3n) is 5.51. The summed E-state index contributed by atoms with van der Waals surface area (Å²) in [6.07, 6.45) is 6.65. The van der Waals surface area contributed by atoms with E-state index < -0.39 is 5.79 Å². The van der Waals surface area contributed by atoms with Gasteiger partial charge in [0, 0.05) is 25.2 Å². The van der Waals surface area contributed by atoms with Gasteiger partial charge in [0.15, 0.2) is 5.79 Å². The molecule has 1 N–H and O–H groups in total. The number of carbonyl (C=O) groups excluding carboxylic acids is 1. The highest BCUT2D eigenvalue weighted by atomic mass is 16.7. The molecule has 0 aromatic carbocycles. The van der Waals surface area contributed by atoms with Crippen molar-refractivity contribution in [3.8, 4) is 0 Å². The number of aliphatic hydroxyl groups is 1. The fourth-order valence-corrected chi connectivity index (χ4v) is 4.32. The highest BCUT2D eigenvalue weighted by Gasteiger charge is 2.50. The van der Waals surface area contributed by atoms with Crippen molar-refractivity contribution >= 4 is 5.97 Å². The van der Waals surface area contributed by atoms with Gasteiger partial charge in [0.2, 0.25) is 0 Å². The van der Waals surface area contributed by atoms with Crippen molar-refractivity contribution < 1.29 is 24.1 Å². The van der Waals surface area contributed by atoms with Crippen LogP contribution in [0.25, 0.3) is 0 Å². The van der Waals surface area contributed by atoms with Crippen LogP contribution in [0.2, 0.25) is 0 Å². The van der Waals surface area contributed by atoms with Gasteiger partial charge in [-0.05, 0) is 18.8 Å². The van der Waals surface area contributed by atoms with Gasteiger partial charge in [-0.2, -0.15) is 0 Å². The third kappa shape index (κ3) is 4.38. The highest BCUT2D eigenvalue weighted by molar-refractivity contribution is 5.72. The quantitative estimate of drug-likeness (QED) is 0.438. The first-order chi connectivity index (χ1) is 11.6. The average Bonchev–Trinajstić information content (AvgIpc) is 3.24. The van der Waals surface area contributed by atoms with Crippen LogP contribution in [0.15, 0.2) is 13.2 Å². The monoisotopic (exact) mass is 340 g/mol. The molecule has 2 aliphatic heterocycles. The van der Waals surface area contributed by atoms with E-state index in [1.165, 1.54) is 12.8 Å². The van der Waals surface area contributed by atoms with Gasteiger partial charge in [-0.1, -0.05) is 19.8 Å². The summed E-state index contributed by atoms with van der Waals surface area (Å²) >= 11 is 0. The average molecular weight is 340 g/mol. The standard InChI is InChI=1S/C17H28O5.C2H4/c1-2-3-4-6-17(20-8-9-21-17)7-5-12-13-10-16(19)22-15(13)11-14(12)18;1-2/h12-15,18H,2-11H2,1H3;1-2H2/t12-,13-,14-,15?;/m1./s1. The molecule has 4 atom stereocenters. The van der Waals surface area contributed by atoms with E-state index in [1.807, 2.05) is 0 Å². The number of hydrogen-bond donors (Lipinski definition) is 1. The fraction of sp³-hybridized carbons (Fsp3) is 0.842. The molecule has 0 aromatic heterocycles. The van der Waals surface area contributed by atoms with Gasteiger partial charge in [0.05, 0.1) is 25.7 Å². The molecule has 3 fully saturated rings. The summed E-state index contributed by atoms with van der Waals surface area (Å²) < 4.78 is 17.1. The molecule has 0 radical (unpaired) electrons. The number of esters is 1. The minimum absolute atomic E-state index is 0.0750. The van der Waals surface area contributed by atoms with Gasteiger partial charge < -0.3 is 19.3 Å². The molecule has 3 aliphatic rings. The second kappa shape index (κ2) is 8.97. The van der Waals surface area contributed by atoms with Gasteiger partial charge in [-0.3, -0.25) is 4.79 Å². The molecule has 5 heteroatoms. The second-order valence-electron chi connectivity index (χ2n) is 6.97. The Hall–Kier alpha value is -0.910. The van der Waals surface area contributed by atoms with Crippen molar-refractivity contribution in [2.24, 2.45) is 11.8 Å².